The van der Waals surface area contributed by atoms with Gasteiger partial charge in [0.15, 0.2) is 0 Å². The molecule has 1 atom stereocenters. The minimum atomic E-state index is -0.586. The van der Waals surface area contributed by atoms with E-state index < -0.39 is 6.10 Å². The molecule has 1 rings (SSSR count). The second-order valence-electron chi connectivity index (χ2n) is 4.63. The van der Waals surface area contributed by atoms with Gasteiger partial charge >= 0.3 is 0 Å². The van der Waals surface area contributed by atoms with E-state index in [9.17, 15) is 5.11 Å². The fourth-order valence-corrected chi connectivity index (χ4v) is 2.30. The minimum Gasteiger partial charge on any atom is -0.389 e. The van der Waals surface area contributed by atoms with Crippen LogP contribution >= 0.6 is 12.2 Å². The lowest BCUT2D eigenvalue weighted by atomic mass is 10.1. The largest absolute Gasteiger partial charge is 0.389 e. The Morgan fingerprint density at radius 1 is 1.58 bits per heavy atom. The second kappa shape index (κ2) is 6.79. The highest BCUT2D eigenvalue weighted by Gasteiger charge is 2.17. The molecule has 19 heavy (non-hydrogen) atoms. The summed E-state index contributed by atoms with van der Waals surface area (Å²) in [5, 5.41) is 9.79. The first-order valence-electron chi connectivity index (χ1n) is 6.03. The molecule has 0 radical (unpaired) electrons. The van der Waals surface area contributed by atoms with Crippen molar-refractivity contribution < 1.29 is 9.84 Å². The van der Waals surface area contributed by atoms with Gasteiger partial charge in [-0.25, -0.2) is 4.98 Å². The lowest BCUT2D eigenvalue weighted by molar-refractivity contribution is 0.0694. The number of aryl methyl sites for hydroxylation is 2. The molecule has 0 saturated heterocycles. The van der Waals surface area contributed by atoms with Crippen molar-refractivity contribution in [2.24, 2.45) is 5.73 Å². The van der Waals surface area contributed by atoms with E-state index in [4.69, 9.17) is 22.7 Å². The number of nitrogens with two attached hydrogens (primary N) is 1. The van der Waals surface area contributed by atoms with Crippen molar-refractivity contribution in [3.63, 3.8) is 0 Å². The number of methoxy groups -OCH3 is 1. The molecular weight excluding hydrogens is 262 g/mol. The third kappa shape index (κ3) is 4.12. The van der Waals surface area contributed by atoms with Crippen LogP contribution in [0.5, 0.6) is 0 Å². The van der Waals surface area contributed by atoms with Crippen LogP contribution in [0.25, 0.3) is 0 Å². The fourth-order valence-electron chi connectivity index (χ4n) is 2.05. The Kier molecular flexibility index (Phi) is 5.65. The number of aromatic nitrogens is 1. The highest BCUT2D eigenvalue weighted by Crippen LogP contribution is 2.21. The normalized spacial score (nSPS) is 12.3. The monoisotopic (exact) mass is 283 g/mol. The first-order valence-corrected chi connectivity index (χ1v) is 6.43. The van der Waals surface area contributed by atoms with Crippen LogP contribution in [-0.2, 0) is 4.74 Å². The number of aliphatic hydroxyl groups excluding tert-OH is 1. The Morgan fingerprint density at radius 2 is 2.21 bits per heavy atom. The summed E-state index contributed by atoms with van der Waals surface area (Å²) in [6.07, 6.45) is -0.586. The molecular formula is C13H21N3O2S. The van der Waals surface area contributed by atoms with Crippen molar-refractivity contribution >= 4 is 23.0 Å². The summed E-state index contributed by atoms with van der Waals surface area (Å²) in [4.78, 5) is 6.63. The number of hydrogen-bond donors (Lipinski definition) is 2. The number of thiocarbonyl (C=S) groups is 1. The smallest absolute Gasteiger partial charge is 0.139 e. The lowest BCUT2D eigenvalue weighted by Crippen LogP contribution is -2.34. The predicted molar refractivity (Wildman–Crippen MR) is 80.8 cm³/mol. The maximum absolute atomic E-state index is 9.79. The van der Waals surface area contributed by atoms with Gasteiger partial charge in [-0.15, -0.1) is 0 Å². The van der Waals surface area contributed by atoms with Crippen LogP contribution in [0, 0.1) is 13.8 Å². The molecule has 0 aromatic carbocycles. The number of pyridine rings is 1. The zero-order valence-electron chi connectivity index (χ0n) is 11.8. The predicted octanol–water partition coefficient (Wildman–Crippen LogP) is 0.776. The zero-order chi connectivity index (χ0) is 14.6. The van der Waals surface area contributed by atoms with E-state index in [-0.39, 0.29) is 6.61 Å². The van der Waals surface area contributed by atoms with Gasteiger partial charge in [-0.1, -0.05) is 12.2 Å². The Bertz CT molecular complexity index is 465. The SMILES string of the molecule is COCC(O)CN(C)c1nc(C)cc(C)c1C(N)=S. The fraction of sp³-hybridized carbons (Fsp3) is 0.538. The third-order valence-electron chi connectivity index (χ3n) is 2.78. The molecule has 0 aliphatic carbocycles. The molecule has 1 heterocycles. The topological polar surface area (TPSA) is 71.6 Å². The van der Waals surface area contributed by atoms with Gasteiger partial charge < -0.3 is 20.5 Å². The van der Waals surface area contributed by atoms with Crippen LogP contribution in [0.2, 0.25) is 0 Å². The summed E-state index contributed by atoms with van der Waals surface area (Å²) in [6, 6.07) is 1.94. The molecule has 6 heteroatoms. The average Bonchev–Trinajstić information content (AvgIpc) is 2.27. The summed E-state index contributed by atoms with van der Waals surface area (Å²) in [7, 11) is 3.40. The number of anilines is 1. The summed E-state index contributed by atoms with van der Waals surface area (Å²) < 4.78 is 4.92. The van der Waals surface area contributed by atoms with E-state index in [2.05, 4.69) is 4.98 Å². The average molecular weight is 283 g/mol. The van der Waals surface area contributed by atoms with Crippen LogP contribution in [-0.4, -0.2) is 48.5 Å². The van der Waals surface area contributed by atoms with Gasteiger partial charge in [0.05, 0.1) is 18.3 Å². The number of rotatable bonds is 6. The molecule has 0 bridgehead atoms. The van der Waals surface area contributed by atoms with Gasteiger partial charge in [-0.3, -0.25) is 0 Å². The van der Waals surface area contributed by atoms with Crippen molar-refractivity contribution in [2.75, 3.05) is 32.2 Å². The van der Waals surface area contributed by atoms with Crippen molar-refractivity contribution in [1.29, 1.82) is 0 Å². The van der Waals surface area contributed by atoms with E-state index in [0.29, 0.717) is 17.4 Å². The zero-order valence-corrected chi connectivity index (χ0v) is 12.6. The van der Waals surface area contributed by atoms with E-state index in [0.717, 1.165) is 16.8 Å². The molecule has 1 aromatic heterocycles. The lowest BCUT2D eigenvalue weighted by Gasteiger charge is -2.24. The van der Waals surface area contributed by atoms with Crippen molar-refractivity contribution in [1.82, 2.24) is 4.98 Å². The Labute approximate surface area is 119 Å². The third-order valence-corrected chi connectivity index (χ3v) is 2.98. The standard InChI is InChI=1S/C13H21N3O2S/c1-8-5-9(2)15-13(11(8)12(14)19)16(3)6-10(17)7-18-4/h5,10,17H,6-7H2,1-4H3,(H2,14,19). The highest BCUT2D eigenvalue weighted by molar-refractivity contribution is 7.80. The molecule has 106 valence electrons. The quantitative estimate of drug-likeness (QED) is 0.752. The van der Waals surface area contributed by atoms with E-state index in [1.807, 2.05) is 31.9 Å². The number of nitrogens with zero attached hydrogens (tertiary/aromatic N) is 2. The first kappa shape index (κ1) is 15.8. The maximum atomic E-state index is 9.79. The molecule has 0 saturated carbocycles. The highest BCUT2D eigenvalue weighted by atomic mass is 32.1. The van der Waals surface area contributed by atoms with Gasteiger partial charge in [-0.2, -0.15) is 0 Å². The molecule has 1 aromatic rings. The Morgan fingerprint density at radius 3 is 2.74 bits per heavy atom. The second-order valence-corrected chi connectivity index (χ2v) is 5.07. The molecule has 0 amide bonds. The Hall–Kier alpha value is -1.24. The number of aliphatic hydroxyl groups is 1. The molecule has 1 unspecified atom stereocenters. The van der Waals surface area contributed by atoms with Crippen molar-refractivity contribution in [2.45, 2.75) is 20.0 Å². The molecule has 0 spiro atoms. The van der Waals surface area contributed by atoms with Gasteiger partial charge in [-0.05, 0) is 25.5 Å². The molecule has 0 aliphatic rings. The van der Waals surface area contributed by atoms with Crippen LogP contribution in [0.15, 0.2) is 6.07 Å². The number of hydrogen-bond acceptors (Lipinski definition) is 5. The first-order chi connectivity index (χ1) is 8.86. The number of ether oxygens (including phenoxy) is 1. The molecule has 5 nitrogen and oxygen atoms in total. The van der Waals surface area contributed by atoms with E-state index >= 15 is 0 Å². The van der Waals surface area contributed by atoms with E-state index in [1.54, 1.807) is 7.11 Å². The molecule has 0 aliphatic heterocycles. The van der Waals surface area contributed by atoms with Crippen molar-refractivity contribution in [3.05, 3.63) is 22.9 Å². The van der Waals surface area contributed by atoms with Crippen LogP contribution in [0.1, 0.15) is 16.8 Å². The van der Waals surface area contributed by atoms with Gasteiger partial charge in [0, 0.05) is 26.4 Å². The van der Waals surface area contributed by atoms with Crippen LogP contribution in [0.3, 0.4) is 0 Å². The maximum Gasteiger partial charge on any atom is 0.139 e. The Balaban J connectivity index is 3.07. The number of likely N-dealkylation sites (N-methyl/N-ethyl adjacent to an activating group) is 1. The minimum absolute atomic E-state index is 0.275. The molecule has 3 N–H and O–H groups in total. The summed E-state index contributed by atoms with van der Waals surface area (Å²) >= 11 is 5.09. The van der Waals surface area contributed by atoms with Crippen LogP contribution in [0.4, 0.5) is 5.82 Å². The van der Waals surface area contributed by atoms with Gasteiger partial charge in [0.1, 0.15) is 10.8 Å². The van der Waals surface area contributed by atoms with Gasteiger partial charge in [0.2, 0.25) is 0 Å². The molecule has 0 fully saturated rings. The summed E-state index contributed by atoms with van der Waals surface area (Å²) in [5.41, 5.74) is 8.41. The van der Waals surface area contributed by atoms with Crippen molar-refractivity contribution in [3.8, 4) is 0 Å². The van der Waals surface area contributed by atoms with E-state index in [1.165, 1.54) is 0 Å². The van der Waals surface area contributed by atoms with Gasteiger partial charge in [0.25, 0.3) is 0 Å². The summed E-state index contributed by atoms with van der Waals surface area (Å²) in [6.45, 7) is 4.54. The summed E-state index contributed by atoms with van der Waals surface area (Å²) in [5.74, 6) is 0.695. The van der Waals surface area contributed by atoms with Crippen LogP contribution < -0.4 is 10.6 Å².